The quantitative estimate of drug-likeness (QED) is 0.484. The van der Waals surface area contributed by atoms with Gasteiger partial charge < -0.3 is 20.7 Å². The van der Waals surface area contributed by atoms with Crippen LogP contribution < -0.4 is 10.5 Å². The largest absolute Gasteiger partial charge is 0.508 e. The topological polar surface area (TPSA) is 92.8 Å². The average Bonchev–Trinajstić information content (AvgIpc) is 2.44. The molecule has 0 spiro atoms. The van der Waals surface area contributed by atoms with Gasteiger partial charge in [0, 0.05) is 0 Å². The van der Waals surface area contributed by atoms with E-state index in [1.165, 1.54) is 0 Å². The van der Waals surface area contributed by atoms with Gasteiger partial charge in [-0.3, -0.25) is 4.79 Å². The van der Waals surface area contributed by atoms with Crippen LogP contribution in [0.4, 0.5) is 0 Å². The molecule has 0 saturated carbocycles. The van der Waals surface area contributed by atoms with E-state index in [9.17, 15) is 9.90 Å². The molecular weight excluding hydrogens is 547 g/mol. The maximum atomic E-state index is 10.8. The van der Waals surface area contributed by atoms with Crippen LogP contribution in [0, 0.1) is 7.14 Å². The molecular formula is C15H14ClI2NO4. The standard InChI is InChI=1S/C15H13I2NO4.ClH/c16-11-5-8(7-13(18)15(20)21)6-12(17)14(11)22-10-3-1-9(19)2-4-10;/h1-6,13,19H,7,18H2,(H,20,21);1H/t13-;/m0./s1. The molecule has 1 atom stereocenters. The summed E-state index contributed by atoms with van der Waals surface area (Å²) in [5, 5.41) is 18.2. The molecule has 124 valence electrons. The molecule has 2 aromatic rings. The van der Waals surface area contributed by atoms with E-state index in [1.54, 1.807) is 24.3 Å². The molecule has 0 unspecified atom stereocenters. The minimum atomic E-state index is -1.02. The number of carboxylic acids is 1. The van der Waals surface area contributed by atoms with E-state index in [2.05, 4.69) is 45.2 Å². The van der Waals surface area contributed by atoms with Crippen molar-refractivity contribution in [3.05, 3.63) is 49.1 Å². The zero-order valence-electron chi connectivity index (χ0n) is 11.7. The Kier molecular flexibility index (Phi) is 7.84. The zero-order valence-corrected chi connectivity index (χ0v) is 16.8. The summed E-state index contributed by atoms with van der Waals surface area (Å²) in [6.45, 7) is 0. The molecule has 0 aromatic heterocycles. The second-order valence-electron chi connectivity index (χ2n) is 4.63. The number of carboxylic acid groups (broad SMARTS) is 1. The number of rotatable bonds is 5. The van der Waals surface area contributed by atoms with Crippen molar-refractivity contribution in [3.63, 3.8) is 0 Å². The summed E-state index contributed by atoms with van der Waals surface area (Å²) in [4.78, 5) is 10.8. The molecule has 5 nitrogen and oxygen atoms in total. The second-order valence-corrected chi connectivity index (χ2v) is 6.96. The van der Waals surface area contributed by atoms with Crippen molar-refractivity contribution in [2.45, 2.75) is 12.5 Å². The molecule has 0 bridgehead atoms. The first kappa shape index (κ1) is 20.3. The molecule has 23 heavy (non-hydrogen) atoms. The molecule has 4 N–H and O–H groups in total. The van der Waals surface area contributed by atoms with Crippen LogP contribution in [0.1, 0.15) is 5.56 Å². The molecule has 0 aliphatic heterocycles. The Morgan fingerprint density at radius 2 is 1.70 bits per heavy atom. The number of carbonyl (C=O) groups is 1. The molecule has 0 radical (unpaired) electrons. The number of aliphatic carboxylic acids is 1. The lowest BCUT2D eigenvalue weighted by molar-refractivity contribution is -0.138. The molecule has 2 rings (SSSR count). The summed E-state index contributed by atoms with van der Waals surface area (Å²) >= 11 is 4.28. The van der Waals surface area contributed by atoms with Crippen LogP contribution in [-0.4, -0.2) is 22.2 Å². The van der Waals surface area contributed by atoms with E-state index in [0.29, 0.717) is 11.5 Å². The number of phenols is 1. The second kappa shape index (κ2) is 8.90. The molecule has 2 aromatic carbocycles. The first-order valence-electron chi connectivity index (χ1n) is 6.30. The lowest BCUT2D eigenvalue weighted by Crippen LogP contribution is -2.32. The van der Waals surface area contributed by atoms with E-state index in [-0.39, 0.29) is 24.6 Å². The Labute approximate surface area is 166 Å². The molecule has 0 amide bonds. The smallest absolute Gasteiger partial charge is 0.320 e. The highest BCUT2D eigenvalue weighted by atomic mass is 127. The predicted molar refractivity (Wildman–Crippen MR) is 107 cm³/mol. The van der Waals surface area contributed by atoms with Gasteiger partial charge in [0.2, 0.25) is 0 Å². The highest BCUT2D eigenvalue weighted by Gasteiger charge is 2.15. The molecule has 0 fully saturated rings. The molecule has 0 saturated heterocycles. The van der Waals surface area contributed by atoms with Crippen LogP contribution in [0.15, 0.2) is 36.4 Å². The van der Waals surface area contributed by atoms with Crippen LogP contribution >= 0.6 is 57.6 Å². The summed E-state index contributed by atoms with van der Waals surface area (Å²) in [6, 6.07) is 9.26. The minimum absolute atomic E-state index is 0. The van der Waals surface area contributed by atoms with Crippen molar-refractivity contribution in [1.82, 2.24) is 0 Å². The van der Waals surface area contributed by atoms with Crippen molar-refractivity contribution >= 4 is 63.6 Å². The fraction of sp³-hybridized carbons (Fsp3) is 0.133. The fourth-order valence-corrected chi connectivity index (χ4v) is 3.92. The normalized spacial score (nSPS) is 11.4. The summed E-state index contributed by atoms with van der Waals surface area (Å²) in [5.74, 6) is 0.465. The predicted octanol–water partition coefficient (Wildman–Crippen LogP) is 3.77. The van der Waals surface area contributed by atoms with Crippen LogP contribution in [0.3, 0.4) is 0 Å². The number of ether oxygens (including phenoxy) is 1. The summed E-state index contributed by atoms with van der Waals surface area (Å²) < 4.78 is 7.56. The third-order valence-corrected chi connectivity index (χ3v) is 4.49. The van der Waals surface area contributed by atoms with Crippen molar-refractivity contribution in [2.75, 3.05) is 0 Å². The van der Waals surface area contributed by atoms with Gasteiger partial charge in [-0.25, -0.2) is 0 Å². The fourth-order valence-electron chi connectivity index (χ4n) is 1.80. The molecule has 0 aliphatic rings. The number of phenolic OH excluding ortho intramolecular Hbond substituents is 1. The van der Waals surface area contributed by atoms with Gasteiger partial charge in [-0.15, -0.1) is 12.4 Å². The SMILES string of the molecule is Cl.N[C@@H](Cc1cc(I)c(Oc2ccc(O)cc2)c(I)c1)C(=O)O. The summed E-state index contributed by atoms with van der Waals surface area (Å²) in [6.07, 6.45) is 0.265. The minimum Gasteiger partial charge on any atom is -0.508 e. The van der Waals surface area contributed by atoms with Gasteiger partial charge >= 0.3 is 5.97 Å². The van der Waals surface area contributed by atoms with E-state index in [4.69, 9.17) is 15.6 Å². The Morgan fingerprint density at radius 1 is 1.17 bits per heavy atom. The average molecular weight is 562 g/mol. The van der Waals surface area contributed by atoms with E-state index < -0.39 is 12.0 Å². The van der Waals surface area contributed by atoms with Crippen LogP contribution in [0.25, 0.3) is 0 Å². The van der Waals surface area contributed by atoms with Gasteiger partial charge in [0.1, 0.15) is 17.5 Å². The molecule has 0 heterocycles. The van der Waals surface area contributed by atoms with Gasteiger partial charge in [0.15, 0.2) is 5.75 Å². The van der Waals surface area contributed by atoms with Gasteiger partial charge in [-0.05, 0) is 93.6 Å². The number of hydrogen-bond acceptors (Lipinski definition) is 4. The lowest BCUT2D eigenvalue weighted by atomic mass is 10.1. The van der Waals surface area contributed by atoms with Gasteiger partial charge in [-0.1, -0.05) is 0 Å². The first-order valence-corrected chi connectivity index (χ1v) is 8.45. The number of hydrogen-bond donors (Lipinski definition) is 3. The van der Waals surface area contributed by atoms with Gasteiger partial charge in [0.25, 0.3) is 0 Å². The third kappa shape index (κ3) is 5.66. The van der Waals surface area contributed by atoms with Crippen molar-refractivity contribution in [1.29, 1.82) is 0 Å². The van der Waals surface area contributed by atoms with E-state index in [1.807, 2.05) is 12.1 Å². The summed E-state index contributed by atoms with van der Waals surface area (Å²) in [5.41, 5.74) is 6.41. The number of benzene rings is 2. The maximum Gasteiger partial charge on any atom is 0.320 e. The number of aromatic hydroxyl groups is 1. The van der Waals surface area contributed by atoms with Crippen LogP contribution in [0.2, 0.25) is 0 Å². The first-order chi connectivity index (χ1) is 10.4. The summed E-state index contributed by atoms with van der Waals surface area (Å²) in [7, 11) is 0. The number of halogens is 3. The Hall–Kier alpha value is -0.780. The highest BCUT2D eigenvalue weighted by Crippen LogP contribution is 2.33. The number of nitrogens with two attached hydrogens (primary N) is 1. The van der Waals surface area contributed by atoms with E-state index >= 15 is 0 Å². The van der Waals surface area contributed by atoms with Gasteiger partial charge in [0.05, 0.1) is 7.14 Å². The lowest BCUT2D eigenvalue weighted by Gasteiger charge is -2.13. The Bertz CT molecular complexity index is 671. The van der Waals surface area contributed by atoms with Crippen molar-refractivity contribution in [2.24, 2.45) is 5.73 Å². The van der Waals surface area contributed by atoms with Gasteiger partial charge in [-0.2, -0.15) is 0 Å². The highest BCUT2D eigenvalue weighted by molar-refractivity contribution is 14.1. The van der Waals surface area contributed by atoms with Crippen molar-refractivity contribution in [3.8, 4) is 17.2 Å². The van der Waals surface area contributed by atoms with E-state index in [0.717, 1.165) is 12.7 Å². The van der Waals surface area contributed by atoms with Crippen LogP contribution in [-0.2, 0) is 11.2 Å². The Morgan fingerprint density at radius 3 is 2.17 bits per heavy atom. The third-order valence-electron chi connectivity index (χ3n) is 2.89. The molecule has 0 aliphatic carbocycles. The van der Waals surface area contributed by atoms with Crippen molar-refractivity contribution < 1.29 is 19.7 Å². The van der Waals surface area contributed by atoms with Crippen LogP contribution in [0.5, 0.6) is 17.2 Å². The monoisotopic (exact) mass is 561 g/mol. The molecule has 8 heteroatoms. The zero-order chi connectivity index (χ0) is 16.3. The Balaban J connectivity index is 0.00000264. The maximum absolute atomic E-state index is 10.8.